The van der Waals surface area contributed by atoms with Crippen molar-refractivity contribution >= 4 is 29.0 Å². The number of carbonyl (C=O) groups is 3. The van der Waals surface area contributed by atoms with Gasteiger partial charge in [0, 0.05) is 44.4 Å². The molecular weight excluding hydrogens is 373 g/mol. The van der Waals surface area contributed by atoms with Crippen LogP contribution < -0.4 is 9.80 Å². The number of rotatable bonds is 5. The van der Waals surface area contributed by atoms with Crippen molar-refractivity contribution in [2.75, 3.05) is 42.5 Å². The minimum Gasteiger partial charge on any atom is -0.366 e. The molecule has 1 saturated heterocycles. The zero-order valence-electron chi connectivity index (χ0n) is 16.6. The van der Waals surface area contributed by atoms with Crippen molar-refractivity contribution in [1.82, 2.24) is 4.90 Å². The highest BCUT2D eigenvalue weighted by Crippen LogP contribution is 2.21. The Kier molecular flexibility index (Phi) is 6.26. The summed E-state index contributed by atoms with van der Waals surface area (Å²) in [6.45, 7) is 4.69. The molecule has 2 aromatic carbocycles. The first kappa shape index (κ1) is 20.5. The van der Waals surface area contributed by atoms with E-state index >= 15 is 0 Å². The summed E-state index contributed by atoms with van der Waals surface area (Å²) in [6, 6.07) is 13.3. The molecule has 0 saturated carbocycles. The van der Waals surface area contributed by atoms with E-state index in [4.69, 9.17) is 0 Å². The Hall–Kier alpha value is -3.22. The van der Waals surface area contributed by atoms with E-state index in [1.807, 2.05) is 4.90 Å². The average molecular weight is 397 g/mol. The van der Waals surface area contributed by atoms with Crippen LogP contribution in [0.15, 0.2) is 48.5 Å². The van der Waals surface area contributed by atoms with Gasteiger partial charge in [-0.1, -0.05) is 24.3 Å². The summed E-state index contributed by atoms with van der Waals surface area (Å²) in [5, 5.41) is 0. The van der Waals surface area contributed by atoms with Crippen molar-refractivity contribution in [2.24, 2.45) is 0 Å². The van der Waals surface area contributed by atoms with Gasteiger partial charge in [-0.05, 0) is 31.2 Å². The third-order valence-electron chi connectivity index (χ3n) is 5.06. The number of para-hydroxylation sites is 1. The maximum absolute atomic E-state index is 14.0. The number of benzene rings is 2. The van der Waals surface area contributed by atoms with E-state index in [1.54, 1.807) is 47.4 Å². The Bertz CT molecular complexity index is 923. The summed E-state index contributed by atoms with van der Waals surface area (Å²) in [4.78, 5) is 41.5. The molecule has 0 bridgehead atoms. The van der Waals surface area contributed by atoms with Gasteiger partial charge in [-0.25, -0.2) is 4.39 Å². The van der Waals surface area contributed by atoms with Gasteiger partial charge in [0.1, 0.15) is 12.4 Å². The Morgan fingerprint density at radius 3 is 2.28 bits per heavy atom. The van der Waals surface area contributed by atoms with E-state index in [2.05, 4.69) is 0 Å². The van der Waals surface area contributed by atoms with E-state index in [9.17, 15) is 18.8 Å². The van der Waals surface area contributed by atoms with Crippen molar-refractivity contribution < 1.29 is 18.8 Å². The number of hydrogen-bond acceptors (Lipinski definition) is 4. The van der Waals surface area contributed by atoms with Gasteiger partial charge in [0.25, 0.3) is 0 Å². The third kappa shape index (κ3) is 4.80. The summed E-state index contributed by atoms with van der Waals surface area (Å²) in [5.41, 5.74) is 1.54. The molecule has 1 aliphatic rings. The van der Waals surface area contributed by atoms with Gasteiger partial charge in [-0.2, -0.15) is 0 Å². The molecule has 0 atom stereocenters. The lowest BCUT2D eigenvalue weighted by atomic mass is 10.1. The molecule has 0 unspecified atom stereocenters. The molecule has 152 valence electrons. The quantitative estimate of drug-likeness (QED) is 0.728. The van der Waals surface area contributed by atoms with Gasteiger partial charge < -0.3 is 14.7 Å². The number of nitrogens with zero attached hydrogens (tertiary/aromatic N) is 3. The smallest absolute Gasteiger partial charge is 0.242 e. The topological polar surface area (TPSA) is 60.9 Å². The first-order chi connectivity index (χ1) is 13.9. The van der Waals surface area contributed by atoms with E-state index in [0.29, 0.717) is 43.1 Å². The van der Waals surface area contributed by atoms with Crippen LogP contribution in [-0.4, -0.2) is 55.2 Å². The predicted octanol–water partition coefficient (Wildman–Crippen LogP) is 2.73. The molecule has 0 radical (unpaired) electrons. The lowest BCUT2D eigenvalue weighted by molar-refractivity contribution is -0.131. The molecule has 0 aliphatic carbocycles. The van der Waals surface area contributed by atoms with E-state index < -0.39 is 0 Å². The zero-order chi connectivity index (χ0) is 21.0. The van der Waals surface area contributed by atoms with Gasteiger partial charge in [0.2, 0.25) is 11.8 Å². The van der Waals surface area contributed by atoms with E-state index in [-0.39, 0.29) is 30.0 Å². The summed E-state index contributed by atoms with van der Waals surface area (Å²) in [6.07, 6.45) is 0. The Labute approximate surface area is 169 Å². The molecule has 0 N–H and O–H groups in total. The van der Waals surface area contributed by atoms with Gasteiger partial charge in [-0.3, -0.25) is 14.4 Å². The van der Waals surface area contributed by atoms with E-state index in [0.717, 1.165) is 0 Å². The number of halogens is 1. The van der Waals surface area contributed by atoms with Crippen LogP contribution in [0, 0.1) is 5.82 Å². The second-order valence-corrected chi connectivity index (χ2v) is 7.03. The minimum absolute atomic E-state index is 0.101. The number of ketones is 1. The highest BCUT2D eigenvalue weighted by Gasteiger charge is 2.25. The molecule has 6 nitrogen and oxygen atoms in total. The maximum Gasteiger partial charge on any atom is 0.242 e. The highest BCUT2D eigenvalue weighted by molar-refractivity contribution is 6.00. The summed E-state index contributed by atoms with van der Waals surface area (Å²) < 4.78 is 14.0. The first-order valence-corrected chi connectivity index (χ1v) is 9.53. The lowest BCUT2D eigenvalue weighted by Crippen LogP contribution is -2.52. The molecule has 7 heteroatoms. The number of Topliss-reactive ketones (excluding diaryl/α,β-unsaturated/α-hetero) is 1. The van der Waals surface area contributed by atoms with Crippen molar-refractivity contribution in [3.8, 4) is 0 Å². The monoisotopic (exact) mass is 397 g/mol. The Balaban J connectivity index is 1.66. The minimum atomic E-state index is -0.277. The normalized spacial score (nSPS) is 13.9. The maximum atomic E-state index is 14.0. The zero-order valence-corrected chi connectivity index (χ0v) is 16.6. The molecule has 2 aromatic rings. The largest absolute Gasteiger partial charge is 0.366 e. The molecular formula is C22H24FN3O3. The van der Waals surface area contributed by atoms with Crippen LogP contribution in [0.4, 0.5) is 15.8 Å². The van der Waals surface area contributed by atoms with Crippen molar-refractivity contribution in [1.29, 1.82) is 0 Å². The fourth-order valence-corrected chi connectivity index (χ4v) is 3.42. The fraction of sp³-hybridized carbons (Fsp3) is 0.318. The third-order valence-corrected chi connectivity index (χ3v) is 5.06. The SMILES string of the molecule is CC(=O)c1cccc(N(CC(=O)N2CCN(c3ccccc3F)CC2)C(C)=O)c1. The second kappa shape index (κ2) is 8.86. The van der Waals surface area contributed by atoms with E-state index in [1.165, 1.54) is 24.8 Å². The van der Waals surface area contributed by atoms with Crippen LogP contribution in [0.3, 0.4) is 0 Å². The van der Waals surface area contributed by atoms with Crippen LogP contribution in [0.5, 0.6) is 0 Å². The van der Waals surface area contributed by atoms with Crippen LogP contribution in [0.1, 0.15) is 24.2 Å². The second-order valence-electron chi connectivity index (χ2n) is 7.03. The highest BCUT2D eigenvalue weighted by atomic mass is 19.1. The number of hydrogen-bond donors (Lipinski definition) is 0. The standard InChI is InChI=1S/C22H24FN3O3/c1-16(27)18-6-5-7-19(14-18)26(17(2)28)15-22(29)25-12-10-24(11-13-25)21-9-4-3-8-20(21)23/h3-9,14H,10-13,15H2,1-2H3. The molecule has 1 fully saturated rings. The predicted molar refractivity (Wildman–Crippen MR) is 110 cm³/mol. The lowest BCUT2D eigenvalue weighted by Gasteiger charge is -2.37. The summed E-state index contributed by atoms with van der Waals surface area (Å²) in [5.74, 6) is -0.836. The molecule has 2 amide bonds. The molecule has 0 aromatic heterocycles. The first-order valence-electron chi connectivity index (χ1n) is 9.53. The summed E-state index contributed by atoms with van der Waals surface area (Å²) >= 11 is 0. The Morgan fingerprint density at radius 1 is 0.966 bits per heavy atom. The molecule has 0 spiro atoms. The van der Waals surface area contributed by atoms with Crippen molar-refractivity contribution in [2.45, 2.75) is 13.8 Å². The van der Waals surface area contributed by atoms with Crippen molar-refractivity contribution in [3.05, 3.63) is 59.9 Å². The van der Waals surface area contributed by atoms with Crippen LogP contribution in [0.2, 0.25) is 0 Å². The number of amides is 2. The molecule has 29 heavy (non-hydrogen) atoms. The van der Waals surface area contributed by atoms with Gasteiger partial charge >= 0.3 is 0 Å². The van der Waals surface area contributed by atoms with Crippen LogP contribution in [-0.2, 0) is 9.59 Å². The summed E-state index contributed by atoms with van der Waals surface area (Å²) in [7, 11) is 0. The number of piperazine rings is 1. The van der Waals surface area contributed by atoms with Gasteiger partial charge in [-0.15, -0.1) is 0 Å². The van der Waals surface area contributed by atoms with Gasteiger partial charge in [0.15, 0.2) is 5.78 Å². The number of anilines is 2. The van der Waals surface area contributed by atoms with Gasteiger partial charge in [0.05, 0.1) is 5.69 Å². The molecule has 3 rings (SSSR count). The van der Waals surface area contributed by atoms with Crippen LogP contribution >= 0.6 is 0 Å². The fourth-order valence-electron chi connectivity index (χ4n) is 3.42. The van der Waals surface area contributed by atoms with Crippen LogP contribution in [0.25, 0.3) is 0 Å². The Morgan fingerprint density at radius 2 is 1.66 bits per heavy atom. The molecule has 1 heterocycles. The van der Waals surface area contributed by atoms with Crippen molar-refractivity contribution in [3.63, 3.8) is 0 Å². The average Bonchev–Trinajstić information content (AvgIpc) is 2.72. The number of carbonyl (C=O) groups excluding carboxylic acids is 3. The molecule has 1 aliphatic heterocycles.